The Labute approximate surface area is 108 Å². The zero-order valence-corrected chi connectivity index (χ0v) is 11.4. The van der Waals surface area contributed by atoms with Crippen LogP contribution < -0.4 is 5.32 Å². The zero-order valence-electron chi connectivity index (χ0n) is 10.7. The lowest BCUT2D eigenvalue weighted by Crippen LogP contribution is -2.24. The third-order valence-electron chi connectivity index (χ3n) is 3.02. The first kappa shape index (κ1) is 14.0. The second-order valence-electron chi connectivity index (χ2n) is 4.66. The number of carbonyl (C=O) groups excluding carboxylic acids is 1. The van der Waals surface area contributed by atoms with E-state index in [9.17, 15) is 4.79 Å². The van der Waals surface area contributed by atoms with Crippen molar-refractivity contribution in [2.24, 2.45) is 11.8 Å². The van der Waals surface area contributed by atoms with Gasteiger partial charge in [-0.1, -0.05) is 32.9 Å². The Hall–Kier alpha value is -1.02. The van der Waals surface area contributed by atoms with Crippen molar-refractivity contribution in [1.29, 1.82) is 0 Å². The van der Waals surface area contributed by atoms with Crippen LogP contribution in [-0.4, -0.2) is 11.8 Å². The van der Waals surface area contributed by atoms with Crippen molar-refractivity contribution >= 4 is 23.2 Å². The van der Waals surface area contributed by atoms with E-state index in [1.54, 1.807) is 0 Å². The first-order valence-electron chi connectivity index (χ1n) is 6.00. The topological polar surface area (TPSA) is 29.1 Å². The van der Waals surface area contributed by atoms with Crippen LogP contribution in [-0.2, 0) is 11.2 Å². The van der Waals surface area contributed by atoms with Gasteiger partial charge >= 0.3 is 0 Å². The third-order valence-corrected chi connectivity index (χ3v) is 3.21. The maximum absolute atomic E-state index is 11.8. The minimum atomic E-state index is 0.0255. The predicted molar refractivity (Wildman–Crippen MR) is 73.5 cm³/mol. The molecule has 1 rings (SSSR count). The van der Waals surface area contributed by atoms with Crippen LogP contribution in [0.2, 0.25) is 0 Å². The van der Waals surface area contributed by atoms with Crippen LogP contribution in [0.3, 0.4) is 0 Å². The molecule has 1 atom stereocenters. The monoisotopic (exact) mass is 253 g/mol. The summed E-state index contributed by atoms with van der Waals surface area (Å²) in [5.41, 5.74) is 2.04. The van der Waals surface area contributed by atoms with E-state index in [2.05, 4.69) is 5.32 Å². The Morgan fingerprint density at radius 3 is 2.29 bits per heavy atom. The van der Waals surface area contributed by atoms with Crippen molar-refractivity contribution in [3.05, 3.63) is 29.8 Å². The van der Waals surface area contributed by atoms with E-state index >= 15 is 0 Å². The highest BCUT2D eigenvalue weighted by Crippen LogP contribution is 2.15. The number of benzene rings is 1. The zero-order chi connectivity index (χ0) is 12.8. The molecule has 0 aliphatic carbocycles. The lowest BCUT2D eigenvalue weighted by molar-refractivity contribution is -0.120. The molecule has 0 aliphatic rings. The van der Waals surface area contributed by atoms with Crippen LogP contribution in [0.15, 0.2) is 24.3 Å². The predicted octanol–water partition coefficient (Wildman–Crippen LogP) is 3.70. The standard InChI is InChI=1S/C14H20ClNO/c1-10(2)11(3)14(17)16-13-6-4-12(5-7-13)8-9-15/h4-7,10-11H,8-9H2,1-3H3,(H,16,17). The molecule has 0 heterocycles. The minimum Gasteiger partial charge on any atom is -0.326 e. The quantitative estimate of drug-likeness (QED) is 0.797. The number of rotatable bonds is 5. The Morgan fingerprint density at radius 1 is 1.24 bits per heavy atom. The van der Waals surface area contributed by atoms with Gasteiger partial charge in [0.25, 0.3) is 0 Å². The molecule has 0 bridgehead atoms. The highest BCUT2D eigenvalue weighted by Gasteiger charge is 2.16. The van der Waals surface area contributed by atoms with Crippen molar-refractivity contribution in [2.45, 2.75) is 27.2 Å². The van der Waals surface area contributed by atoms with Crippen molar-refractivity contribution < 1.29 is 4.79 Å². The molecule has 2 nitrogen and oxygen atoms in total. The lowest BCUT2D eigenvalue weighted by atomic mass is 9.97. The fraction of sp³-hybridized carbons (Fsp3) is 0.500. The summed E-state index contributed by atoms with van der Waals surface area (Å²) in [4.78, 5) is 11.8. The number of anilines is 1. The number of halogens is 1. The van der Waals surface area contributed by atoms with E-state index < -0.39 is 0 Å². The Bertz CT molecular complexity index is 359. The van der Waals surface area contributed by atoms with Crippen LogP contribution >= 0.6 is 11.6 Å². The molecule has 1 N–H and O–H groups in total. The molecule has 0 fully saturated rings. The average molecular weight is 254 g/mol. The van der Waals surface area contributed by atoms with Gasteiger partial charge < -0.3 is 5.32 Å². The van der Waals surface area contributed by atoms with Gasteiger partial charge in [0.2, 0.25) is 5.91 Å². The molecular formula is C14H20ClNO. The van der Waals surface area contributed by atoms with Gasteiger partial charge in [-0.05, 0) is 30.0 Å². The van der Waals surface area contributed by atoms with E-state index in [1.807, 2.05) is 45.0 Å². The molecule has 0 spiro atoms. The summed E-state index contributed by atoms with van der Waals surface area (Å²) >= 11 is 5.67. The molecule has 0 saturated carbocycles. The summed E-state index contributed by atoms with van der Waals surface area (Å²) in [6, 6.07) is 7.84. The molecule has 1 aromatic rings. The van der Waals surface area contributed by atoms with Crippen molar-refractivity contribution in [2.75, 3.05) is 11.2 Å². The van der Waals surface area contributed by atoms with Crippen LogP contribution in [0.1, 0.15) is 26.3 Å². The summed E-state index contributed by atoms with van der Waals surface area (Å²) in [6.45, 7) is 6.05. The van der Waals surface area contributed by atoms with Gasteiger partial charge in [0, 0.05) is 17.5 Å². The highest BCUT2D eigenvalue weighted by atomic mass is 35.5. The number of amides is 1. The molecule has 0 radical (unpaired) electrons. The first-order valence-corrected chi connectivity index (χ1v) is 6.53. The minimum absolute atomic E-state index is 0.0255. The smallest absolute Gasteiger partial charge is 0.227 e. The fourth-order valence-electron chi connectivity index (χ4n) is 1.42. The molecule has 17 heavy (non-hydrogen) atoms. The second-order valence-corrected chi connectivity index (χ2v) is 5.04. The molecule has 1 unspecified atom stereocenters. The summed E-state index contributed by atoms with van der Waals surface area (Å²) in [5, 5.41) is 2.92. The van der Waals surface area contributed by atoms with Gasteiger partial charge in [-0.3, -0.25) is 4.79 Å². The lowest BCUT2D eigenvalue weighted by Gasteiger charge is -2.15. The van der Waals surface area contributed by atoms with Crippen molar-refractivity contribution in [3.63, 3.8) is 0 Å². The number of hydrogen-bond donors (Lipinski definition) is 1. The van der Waals surface area contributed by atoms with E-state index in [0.717, 1.165) is 12.1 Å². The summed E-state index contributed by atoms with van der Waals surface area (Å²) < 4.78 is 0. The summed E-state index contributed by atoms with van der Waals surface area (Å²) in [6.07, 6.45) is 0.859. The molecular weight excluding hydrogens is 234 g/mol. The third kappa shape index (κ3) is 4.39. The maximum atomic E-state index is 11.8. The largest absolute Gasteiger partial charge is 0.326 e. The van der Waals surface area contributed by atoms with Crippen LogP contribution in [0.4, 0.5) is 5.69 Å². The van der Waals surface area contributed by atoms with E-state index in [1.165, 1.54) is 5.56 Å². The van der Waals surface area contributed by atoms with E-state index in [0.29, 0.717) is 11.8 Å². The molecule has 0 aliphatic heterocycles. The average Bonchev–Trinajstić information content (AvgIpc) is 2.30. The Balaban J connectivity index is 2.60. The van der Waals surface area contributed by atoms with Gasteiger partial charge in [0.15, 0.2) is 0 Å². The molecule has 0 saturated heterocycles. The Morgan fingerprint density at radius 2 is 1.82 bits per heavy atom. The maximum Gasteiger partial charge on any atom is 0.227 e. The van der Waals surface area contributed by atoms with E-state index in [4.69, 9.17) is 11.6 Å². The van der Waals surface area contributed by atoms with E-state index in [-0.39, 0.29) is 11.8 Å². The normalized spacial score (nSPS) is 12.5. The first-order chi connectivity index (χ1) is 8.04. The van der Waals surface area contributed by atoms with Gasteiger partial charge in [-0.25, -0.2) is 0 Å². The van der Waals surface area contributed by atoms with Crippen LogP contribution in [0.5, 0.6) is 0 Å². The SMILES string of the molecule is CC(C)C(C)C(=O)Nc1ccc(CCCl)cc1. The number of nitrogens with one attached hydrogen (secondary N) is 1. The number of hydrogen-bond acceptors (Lipinski definition) is 1. The number of carbonyl (C=O) groups is 1. The van der Waals surface area contributed by atoms with Crippen molar-refractivity contribution in [3.8, 4) is 0 Å². The molecule has 1 amide bonds. The molecule has 94 valence electrons. The van der Waals surface area contributed by atoms with Crippen LogP contribution in [0.25, 0.3) is 0 Å². The number of aryl methyl sites for hydroxylation is 1. The molecule has 0 aromatic heterocycles. The fourth-order valence-corrected chi connectivity index (χ4v) is 1.64. The van der Waals surface area contributed by atoms with Gasteiger partial charge in [0.1, 0.15) is 0 Å². The highest BCUT2D eigenvalue weighted by molar-refractivity contribution is 6.17. The molecule has 3 heteroatoms. The second kappa shape index (κ2) is 6.65. The molecule has 1 aromatic carbocycles. The summed E-state index contributed by atoms with van der Waals surface area (Å²) in [5.74, 6) is 1.07. The number of alkyl halides is 1. The van der Waals surface area contributed by atoms with Crippen molar-refractivity contribution in [1.82, 2.24) is 0 Å². The Kier molecular flexibility index (Phi) is 5.49. The summed E-state index contributed by atoms with van der Waals surface area (Å²) in [7, 11) is 0. The van der Waals surface area contributed by atoms with Gasteiger partial charge in [-0.2, -0.15) is 0 Å². The van der Waals surface area contributed by atoms with Crippen LogP contribution in [0, 0.1) is 11.8 Å². The van der Waals surface area contributed by atoms with Gasteiger partial charge in [0.05, 0.1) is 0 Å². The van der Waals surface area contributed by atoms with Gasteiger partial charge in [-0.15, -0.1) is 11.6 Å².